The molecule has 2 N–H and O–H groups in total. The molecule has 0 spiro atoms. The monoisotopic (exact) mass is 425 g/mol. The standard InChI is InChI=1S/C22H27N5O4/c1-15-5-3-6-17(13-15)14-19(24-16(2)28)22(29)25-18-8-11-26(12-9-18)21-20(27(30)31)7-4-10-23-21/h3-7,10,13,18-19H,8-9,11-12,14H2,1-2H3,(H,24,28)(H,25,29)/t19-/m0/s1. The summed E-state index contributed by atoms with van der Waals surface area (Å²) in [6, 6.07) is 10.1. The van der Waals surface area contributed by atoms with Crippen LogP contribution >= 0.6 is 0 Å². The number of hydrogen-bond donors (Lipinski definition) is 2. The maximum atomic E-state index is 12.9. The van der Waals surface area contributed by atoms with Crippen LogP contribution in [0.15, 0.2) is 42.6 Å². The molecule has 1 aliphatic rings. The summed E-state index contributed by atoms with van der Waals surface area (Å²) in [5.41, 5.74) is 2.05. The van der Waals surface area contributed by atoms with Gasteiger partial charge in [0.05, 0.1) is 4.92 Å². The molecule has 1 aliphatic heterocycles. The molecule has 31 heavy (non-hydrogen) atoms. The fraction of sp³-hybridized carbons (Fsp3) is 0.409. The van der Waals surface area contributed by atoms with Crippen LogP contribution in [-0.2, 0) is 16.0 Å². The highest BCUT2D eigenvalue weighted by molar-refractivity contribution is 5.87. The first-order valence-corrected chi connectivity index (χ1v) is 10.3. The van der Waals surface area contributed by atoms with Crippen LogP contribution in [0.1, 0.15) is 30.9 Å². The number of rotatable bonds is 7. The van der Waals surface area contributed by atoms with Crippen LogP contribution in [0.3, 0.4) is 0 Å². The fourth-order valence-electron chi connectivity index (χ4n) is 3.84. The number of nitrogens with zero attached hydrogens (tertiary/aromatic N) is 3. The third-order valence-electron chi connectivity index (χ3n) is 5.32. The SMILES string of the molecule is CC(=O)N[C@@H](Cc1cccc(C)c1)C(=O)NC1CCN(c2ncccc2[N+](=O)[O-])CC1. The van der Waals surface area contributed by atoms with E-state index in [4.69, 9.17) is 0 Å². The molecule has 9 heteroatoms. The summed E-state index contributed by atoms with van der Waals surface area (Å²) in [5, 5.41) is 17.0. The molecule has 1 saturated heterocycles. The second-order valence-electron chi connectivity index (χ2n) is 7.82. The molecule has 0 bridgehead atoms. The molecule has 1 fully saturated rings. The molecule has 0 unspecified atom stereocenters. The van der Waals surface area contributed by atoms with Crippen molar-refractivity contribution < 1.29 is 14.5 Å². The van der Waals surface area contributed by atoms with Gasteiger partial charge < -0.3 is 15.5 Å². The van der Waals surface area contributed by atoms with Crippen molar-refractivity contribution in [3.63, 3.8) is 0 Å². The Kier molecular flexibility index (Phi) is 7.17. The molecule has 2 heterocycles. The van der Waals surface area contributed by atoms with Crippen LogP contribution in [0.4, 0.5) is 11.5 Å². The zero-order valence-electron chi connectivity index (χ0n) is 17.7. The van der Waals surface area contributed by atoms with Crippen molar-refractivity contribution >= 4 is 23.3 Å². The highest BCUT2D eigenvalue weighted by atomic mass is 16.6. The average Bonchev–Trinajstić information content (AvgIpc) is 2.73. The van der Waals surface area contributed by atoms with Gasteiger partial charge in [0, 0.05) is 44.7 Å². The Bertz CT molecular complexity index is 956. The van der Waals surface area contributed by atoms with Crippen molar-refractivity contribution in [2.45, 2.75) is 45.2 Å². The number of nitro groups is 1. The molecule has 0 saturated carbocycles. The molecule has 0 aliphatic carbocycles. The highest BCUT2D eigenvalue weighted by Gasteiger charge is 2.28. The fourth-order valence-corrected chi connectivity index (χ4v) is 3.84. The third-order valence-corrected chi connectivity index (χ3v) is 5.32. The van der Waals surface area contributed by atoms with Gasteiger partial charge >= 0.3 is 5.69 Å². The van der Waals surface area contributed by atoms with Crippen LogP contribution in [0, 0.1) is 17.0 Å². The molecule has 0 radical (unpaired) electrons. The number of hydrogen-bond acceptors (Lipinski definition) is 6. The van der Waals surface area contributed by atoms with E-state index in [2.05, 4.69) is 15.6 Å². The minimum absolute atomic E-state index is 0.0196. The Hall–Kier alpha value is -3.49. The van der Waals surface area contributed by atoms with E-state index < -0.39 is 11.0 Å². The summed E-state index contributed by atoms with van der Waals surface area (Å²) in [4.78, 5) is 41.4. The van der Waals surface area contributed by atoms with E-state index in [0.29, 0.717) is 38.2 Å². The Labute approximate surface area is 181 Å². The van der Waals surface area contributed by atoms with E-state index >= 15 is 0 Å². The Morgan fingerprint density at radius 2 is 2.00 bits per heavy atom. The number of aromatic nitrogens is 1. The minimum Gasteiger partial charge on any atom is -0.351 e. The van der Waals surface area contributed by atoms with Gasteiger partial charge in [-0.1, -0.05) is 29.8 Å². The number of carbonyl (C=O) groups is 2. The zero-order valence-corrected chi connectivity index (χ0v) is 17.7. The van der Waals surface area contributed by atoms with Crippen LogP contribution in [0.5, 0.6) is 0 Å². The van der Waals surface area contributed by atoms with Gasteiger partial charge in [0.25, 0.3) is 0 Å². The maximum Gasteiger partial charge on any atom is 0.311 e. The van der Waals surface area contributed by atoms with Crippen LogP contribution < -0.4 is 15.5 Å². The first-order chi connectivity index (χ1) is 14.8. The van der Waals surface area contributed by atoms with Crippen molar-refractivity contribution in [2.24, 2.45) is 0 Å². The summed E-state index contributed by atoms with van der Waals surface area (Å²) in [6.07, 6.45) is 3.22. The van der Waals surface area contributed by atoms with E-state index in [-0.39, 0.29) is 23.5 Å². The van der Waals surface area contributed by atoms with E-state index in [1.807, 2.05) is 36.1 Å². The predicted octanol–water partition coefficient (Wildman–Crippen LogP) is 2.13. The van der Waals surface area contributed by atoms with E-state index in [1.165, 1.54) is 13.0 Å². The molecule has 1 aromatic heterocycles. The van der Waals surface area contributed by atoms with Gasteiger partial charge in [-0.2, -0.15) is 0 Å². The van der Waals surface area contributed by atoms with E-state index in [9.17, 15) is 19.7 Å². The van der Waals surface area contributed by atoms with Gasteiger partial charge in [-0.05, 0) is 31.4 Å². The van der Waals surface area contributed by atoms with Crippen molar-refractivity contribution in [1.82, 2.24) is 15.6 Å². The third kappa shape index (κ3) is 6.00. The van der Waals surface area contributed by atoms with Crippen molar-refractivity contribution in [1.29, 1.82) is 0 Å². The molecular weight excluding hydrogens is 398 g/mol. The second kappa shape index (κ2) is 10.0. The minimum atomic E-state index is -0.658. The summed E-state index contributed by atoms with van der Waals surface area (Å²) < 4.78 is 0. The first-order valence-electron chi connectivity index (χ1n) is 10.3. The molecule has 1 atom stereocenters. The van der Waals surface area contributed by atoms with Crippen molar-refractivity contribution in [2.75, 3.05) is 18.0 Å². The van der Waals surface area contributed by atoms with Crippen molar-refractivity contribution in [3.8, 4) is 0 Å². The quantitative estimate of drug-likeness (QED) is 0.518. The van der Waals surface area contributed by atoms with Crippen molar-refractivity contribution in [3.05, 3.63) is 63.8 Å². The number of carbonyl (C=O) groups excluding carboxylic acids is 2. The number of pyridine rings is 1. The number of piperidine rings is 1. The number of aryl methyl sites for hydroxylation is 1. The number of benzene rings is 1. The Morgan fingerprint density at radius 3 is 2.65 bits per heavy atom. The first kappa shape index (κ1) is 22.2. The van der Waals surface area contributed by atoms with Gasteiger partial charge in [0.15, 0.2) is 0 Å². The molecular formula is C22H27N5O4. The number of amides is 2. The molecule has 2 amide bonds. The van der Waals surface area contributed by atoms with Crippen LogP contribution in [-0.4, -0.2) is 46.9 Å². The average molecular weight is 425 g/mol. The summed E-state index contributed by atoms with van der Waals surface area (Å²) >= 11 is 0. The topological polar surface area (TPSA) is 117 Å². The van der Waals surface area contributed by atoms with Gasteiger partial charge in [-0.25, -0.2) is 4.98 Å². The van der Waals surface area contributed by atoms with Gasteiger partial charge in [0.1, 0.15) is 6.04 Å². The highest BCUT2D eigenvalue weighted by Crippen LogP contribution is 2.27. The number of nitrogens with one attached hydrogen (secondary N) is 2. The molecule has 1 aromatic carbocycles. The lowest BCUT2D eigenvalue weighted by molar-refractivity contribution is -0.384. The predicted molar refractivity (Wildman–Crippen MR) is 117 cm³/mol. The molecule has 164 valence electrons. The largest absolute Gasteiger partial charge is 0.351 e. The van der Waals surface area contributed by atoms with Crippen LogP contribution in [0.25, 0.3) is 0 Å². The van der Waals surface area contributed by atoms with Crippen LogP contribution in [0.2, 0.25) is 0 Å². The second-order valence-corrected chi connectivity index (χ2v) is 7.82. The summed E-state index contributed by atoms with van der Waals surface area (Å²) in [7, 11) is 0. The lowest BCUT2D eigenvalue weighted by atomic mass is 10.0. The normalized spacial score (nSPS) is 15.2. The molecule has 2 aromatic rings. The Morgan fingerprint density at radius 1 is 1.26 bits per heavy atom. The lowest BCUT2D eigenvalue weighted by Gasteiger charge is -2.33. The number of anilines is 1. The zero-order chi connectivity index (χ0) is 22.4. The molecule has 9 nitrogen and oxygen atoms in total. The smallest absolute Gasteiger partial charge is 0.311 e. The van der Waals surface area contributed by atoms with E-state index in [0.717, 1.165) is 11.1 Å². The van der Waals surface area contributed by atoms with E-state index in [1.54, 1.807) is 12.3 Å². The van der Waals surface area contributed by atoms with Gasteiger partial charge in [-0.15, -0.1) is 0 Å². The summed E-state index contributed by atoms with van der Waals surface area (Å²) in [6.45, 7) is 4.47. The Balaban J connectivity index is 1.61. The summed E-state index contributed by atoms with van der Waals surface area (Å²) in [5.74, 6) is -0.128. The van der Waals surface area contributed by atoms with Gasteiger partial charge in [0.2, 0.25) is 17.6 Å². The lowest BCUT2D eigenvalue weighted by Crippen LogP contribution is -2.52. The maximum absolute atomic E-state index is 12.9. The van der Waals surface area contributed by atoms with Gasteiger partial charge in [-0.3, -0.25) is 19.7 Å². The molecule has 3 rings (SSSR count).